The van der Waals surface area contributed by atoms with Crippen LogP contribution < -0.4 is 15.4 Å². The van der Waals surface area contributed by atoms with E-state index < -0.39 is 12.0 Å². The van der Waals surface area contributed by atoms with Crippen molar-refractivity contribution in [1.29, 1.82) is 5.26 Å². The molecule has 11 nitrogen and oxygen atoms in total. The number of ether oxygens (including phenoxy) is 2. The zero-order valence-electron chi connectivity index (χ0n) is 23.3. The first-order chi connectivity index (χ1) is 19.3. The van der Waals surface area contributed by atoms with Gasteiger partial charge in [-0.3, -0.25) is 4.79 Å². The average Bonchev–Trinajstić information content (AvgIpc) is 2.90. The molecule has 0 saturated carbocycles. The Kier molecular flexibility index (Phi) is 10.6. The van der Waals surface area contributed by atoms with Crippen LogP contribution in [0, 0.1) is 11.3 Å². The number of alkyl halides is 3. The molecule has 1 aromatic heterocycles. The van der Waals surface area contributed by atoms with Gasteiger partial charge >= 0.3 is 12.5 Å². The molecule has 1 aliphatic rings. The lowest BCUT2D eigenvalue weighted by atomic mass is 10.2. The topological polar surface area (TPSA) is 133 Å². The first kappa shape index (κ1) is 31.3. The average molecular weight is 578 g/mol. The summed E-state index contributed by atoms with van der Waals surface area (Å²) in [7, 11) is 0. The summed E-state index contributed by atoms with van der Waals surface area (Å²) < 4.78 is 47.5. The molecule has 3 rings (SSSR count). The minimum absolute atomic E-state index is 0.00913. The molecule has 0 aliphatic carbocycles. The van der Waals surface area contributed by atoms with Crippen LogP contribution in [0.3, 0.4) is 0 Å². The third-order valence-corrected chi connectivity index (χ3v) is 5.94. The second-order valence-electron chi connectivity index (χ2n) is 10.3. The number of amides is 2. The molecule has 2 heterocycles. The predicted molar refractivity (Wildman–Crippen MR) is 144 cm³/mol. The van der Waals surface area contributed by atoms with Gasteiger partial charge in [0.2, 0.25) is 11.9 Å². The van der Waals surface area contributed by atoms with E-state index in [1.54, 1.807) is 15.9 Å². The number of rotatable bonds is 10. The minimum atomic E-state index is -4.82. The predicted octanol–water partition coefficient (Wildman–Crippen LogP) is 4.52. The number of aromatic nitrogens is 2. The maximum absolute atomic E-state index is 12.7. The first-order valence-corrected chi connectivity index (χ1v) is 13.2. The molecular weight excluding hydrogens is 543 g/mol. The Morgan fingerprint density at radius 1 is 1.05 bits per heavy atom. The summed E-state index contributed by atoms with van der Waals surface area (Å²) >= 11 is 0. The van der Waals surface area contributed by atoms with Crippen LogP contribution in [0.5, 0.6) is 5.75 Å². The molecule has 2 N–H and O–H groups in total. The van der Waals surface area contributed by atoms with Gasteiger partial charge in [0.15, 0.2) is 0 Å². The van der Waals surface area contributed by atoms with Gasteiger partial charge in [0.05, 0.1) is 6.20 Å². The van der Waals surface area contributed by atoms with E-state index in [1.807, 2.05) is 26.8 Å². The SMILES string of the molecule is CC(C)(C)OC(=O)N1CCN(C(=O)CCCCNc2nc(NCc3ccccc3OC(F)(F)F)ncc2C#N)CC1. The molecule has 1 saturated heterocycles. The number of nitriles is 1. The van der Waals surface area contributed by atoms with Gasteiger partial charge in [0.1, 0.15) is 28.8 Å². The fourth-order valence-corrected chi connectivity index (χ4v) is 3.96. The van der Waals surface area contributed by atoms with E-state index in [1.165, 1.54) is 24.4 Å². The van der Waals surface area contributed by atoms with Gasteiger partial charge in [-0.25, -0.2) is 9.78 Å². The highest BCUT2D eigenvalue weighted by Gasteiger charge is 2.32. The largest absolute Gasteiger partial charge is 0.573 e. The Morgan fingerprint density at radius 2 is 1.73 bits per heavy atom. The molecule has 0 bridgehead atoms. The molecular formula is C27H34F3N7O4. The number of hydrogen-bond acceptors (Lipinski definition) is 9. The van der Waals surface area contributed by atoms with Crippen LogP contribution in [0.15, 0.2) is 30.5 Å². The summed E-state index contributed by atoms with van der Waals surface area (Å²) in [4.78, 5) is 36.5. The number of piperazine rings is 1. The highest BCUT2D eigenvalue weighted by atomic mass is 19.4. The molecule has 2 aromatic rings. The number of halogens is 3. The van der Waals surface area contributed by atoms with Crippen molar-refractivity contribution in [3.05, 3.63) is 41.6 Å². The van der Waals surface area contributed by atoms with Crippen molar-refractivity contribution in [3.8, 4) is 11.8 Å². The first-order valence-electron chi connectivity index (χ1n) is 13.2. The molecule has 2 amide bonds. The minimum Gasteiger partial charge on any atom is -0.444 e. The molecule has 0 radical (unpaired) electrons. The molecule has 41 heavy (non-hydrogen) atoms. The van der Waals surface area contributed by atoms with Crippen molar-refractivity contribution in [2.75, 3.05) is 43.4 Å². The maximum atomic E-state index is 12.7. The lowest BCUT2D eigenvalue weighted by molar-refractivity contribution is -0.274. The van der Waals surface area contributed by atoms with Crippen molar-refractivity contribution < 1.29 is 32.2 Å². The van der Waals surface area contributed by atoms with Gasteiger partial charge in [-0.05, 0) is 39.7 Å². The molecule has 0 atom stereocenters. The van der Waals surface area contributed by atoms with Gasteiger partial charge < -0.3 is 29.9 Å². The van der Waals surface area contributed by atoms with Crippen LogP contribution in [0.4, 0.5) is 29.7 Å². The molecule has 14 heteroatoms. The Bertz CT molecular complexity index is 1240. The molecule has 0 spiro atoms. The number of carbonyl (C=O) groups excluding carboxylic acids is 2. The number of benzene rings is 1. The summed E-state index contributed by atoms with van der Waals surface area (Å²) in [5.74, 6) is 0.0669. The van der Waals surface area contributed by atoms with E-state index in [2.05, 4.69) is 25.3 Å². The summed E-state index contributed by atoms with van der Waals surface area (Å²) in [5, 5.41) is 15.3. The van der Waals surface area contributed by atoms with Gasteiger partial charge in [-0.2, -0.15) is 10.2 Å². The van der Waals surface area contributed by atoms with Gasteiger partial charge in [-0.15, -0.1) is 13.2 Å². The summed E-state index contributed by atoms with van der Waals surface area (Å²) in [6, 6.07) is 7.72. The zero-order valence-corrected chi connectivity index (χ0v) is 23.3. The zero-order chi connectivity index (χ0) is 30.0. The van der Waals surface area contributed by atoms with E-state index in [0.29, 0.717) is 52.0 Å². The van der Waals surface area contributed by atoms with Crippen LogP contribution in [-0.4, -0.2) is 76.5 Å². The van der Waals surface area contributed by atoms with Gasteiger partial charge in [0, 0.05) is 51.3 Å². The highest BCUT2D eigenvalue weighted by molar-refractivity contribution is 5.76. The number of nitrogens with zero attached hydrogens (tertiary/aromatic N) is 5. The molecule has 222 valence electrons. The van der Waals surface area contributed by atoms with E-state index in [-0.39, 0.29) is 47.2 Å². The Hall–Kier alpha value is -4.28. The summed E-state index contributed by atoms with van der Waals surface area (Å²) in [6.07, 6.45) is -2.31. The van der Waals surface area contributed by atoms with Crippen LogP contribution in [0.2, 0.25) is 0 Å². The lowest BCUT2D eigenvalue weighted by Gasteiger charge is -2.35. The van der Waals surface area contributed by atoms with Crippen molar-refractivity contribution in [2.24, 2.45) is 0 Å². The number of nitrogens with one attached hydrogen (secondary N) is 2. The summed E-state index contributed by atoms with van der Waals surface area (Å²) in [5.41, 5.74) is -0.115. The molecule has 1 aliphatic heterocycles. The Morgan fingerprint density at radius 3 is 2.39 bits per heavy atom. The van der Waals surface area contributed by atoms with Crippen LogP contribution >= 0.6 is 0 Å². The highest BCUT2D eigenvalue weighted by Crippen LogP contribution is 2.26. The normalized spacial score (nSPS) is 13.8. The lowest BCUT2D eigenvalue weighted by Crippen LogP contribution is -2.51. The Labute approximate surface area is 236 Å². The van der Waals surface area contributed by atoms with E-state index in [0.717, 1.165) is 0 Å². The standard InChI is InChI=1S/C27H34F3N7O4/c1-26(2,3)41-25(39)37-14-12-36(13-15-37)22(38)10-6-7-11-32-23-20(16-31)18-34-24(35-23)33-17-19-8-4-5-9-21(19)40-27(28,29)30/h4-5,8-9,18H,6-7,10-15,17H2,1-3H3,(H2,32,33,34,35). The quantitative estimate of drug-likeness (QED) is 0.391. The maximum Gasteiger partial charge on any atom is 0.573 e. The second-order valence-corrected chi connectivity index (χ2v) is 10.3. The second kappa shape index (κ2) is 13.9. The van der Waals surface area contributed by atoms with Crippen LogP contribution in [-0.2, 0) is 16.1 Å². The van der Waals surface area contributed by atoms with E-state index in [4.69, 9.17) is 4.74 Å². The number of para-hydroxylation sites is 1. The Balaban J connectivity index is 1.43. The molecule has 1 fully saturated rings. The van der Waals surface area contributed by atoms with Crippen molar-refractivity contribution in [2.45, 2.75) is 58.5 Å². The third-order valence-electron chi connectivity index (χ3n) is 5.94. The number of hydrogen-bond donors (Lipinski definition) is 2. The summed E-state index contributed by atoms with van der Waals surface area (Å²) in [6.45, 7) is 7.57. The van der Waals surface area contributed by atoms with E-state index >= 15 is 0 Å². The number of unbranched alkanes of at least 4 members (excludes halogenated alkanes) is 1. The molecule has 0 unspecified atom stereocenters. The van der Waals surface area contributed by atoms with Crippen LogP contribution in [0.1, 0.15) is 51.2 Å². The third kappa shape index (κ3) is 10.3. The van der Waals surface area contributed by atoms with Crippen LogP contribution in [0.25, 0.3) is 0 Å². The van der Waals surface area contributed by atoms with Gasteiger partial charge in [-0.1, -0.05) is 18.2 Å². The fraction of sp³-hybridized carbons (Fsp3) is 0.519. The van der Waals surface area contributed by atoms with Gasteiger partial charge in [0.25, 0.3) is 0 Å². The monoisotopic (exact) mass is 577 g/mol. The molecule has 1 aromatic carbocycles. The number of anilines is 2. The number of carbonyl (C=O) groups is 2. The van der Waals surface area contributed by atoms with E-state index in [9.17, 15) is 28.0 Å². The van der Waals surface area contributed by atoms with Crippen molar-refractivity contribution >= 4 is 23.8 Å². The smallest absolute Gasteiger partial charge is 0.444 e. The fourth-order valence-electron chi connectivity index (χ4n) is 3.96. The van der Waals surface area contributed by atoms with Crippen molar-refractivity contribution in [3.63, 3.8) is 0 Å². The van der Waals surface area contributed by atoms with Crippen molar-refractivity contribution in [1.82, 2.24) is 19.8 Å².